The van der Waals surface area contributed by atoms with Crippen molar-refractivity contribution in [1.82, 2.24) is 15.6 Å². The van der Waals surface area contributed by atoms with Crippen molar-refractivity contribution in [3.63, 3.8) is 0 Å². The van der Waals surface area contributed by atoms with Gasteiger partial charge in [0.05, 0.1) is 19.3 Å². The molecule has 2 N–H and O–H groups in total. The van der Waals surface area contributed by atoms with Crippen molar-refractivity contribution in [1.29, 1.82) is 0 Å². The van der Waals surface area contributed by atoms with Gasteiger partial charge >= 0.3 is 0 Å². The molecule has 1 aliphatic heterocycles. The number of ether oxygens (including phenoxy) is 1. The summed E-state index contributed by atoms with van der Waals surface area (Å²) in [4.78, 5) is 11.1. The maximum absolute atomic E-state index is 13.9. The van der Waals surface area contributed by atoms with Crippen molar-refractivity contribution in [2.75, 3.05) is 38.3 Å². The van der Waals surface area contributed by atoms with Gasteiger partial charge in [-0.3, -0.25) is 4.99 Å². The van der Waals surface area contributed by atoms with Crippen LogP contribution in [0.25, 0.3) is 0 Å². The monoisotopic (exact) mass is 513 g/mol. The van der Waals surface area contributed by atoms with Crippen molar-refractivity contribution in [3.8, 4) is 0 Å². The number of aryl methyl sites for hydroxylation is 1. The fourth-order valence-electron chi connectivity index (χ4n) is 3.17. The van der Waals surface area contributed by atoms with Crippen LogP contribution in [0.2, 0.25) is 0 Å². The van der Waals surface area contributed by atoms with Crippen LogP contribution >= 0.6 is 24.0 Å². The number of aliphatic imine (C=N–C) groups is 1. The van der Waals surface area contributed by atoms with Crippen LogP contribution in [0.1, 0.15) is 29.7 Å². The molecule has 0 aliphatic carbocycles. The van der Waals surface area contributed by atoms with Crippen molar-refractivity contribution in [3.05, 3.63) is 59.0 Å². The molecule has 6 nitrogen and oxygen atoms in total. The molecule has 0 spiro atoms. The van der Waals surface area contributed by atoms with Crippen molar-refractivity contribution >= 4 is 35.8 Å². The Morgan fingerprint density at radius 2 is 2.07 bits per heavy atom. The molecule has 2 heterocycles. The van der Waals surface area contributed by atoms with E-state index in [-0.39, 0.29) is 35.8 Å². The fraction of sp³-hybridized carbons (Fsp3) is 0.429. The number of nitrogens with zero attached hydrogens (tertiary/aromatic N) is 3. The standard InChI is InChI=1S/C21H28FN5O.HI/c1-15-6-7-17(13-19(15)22)16(2)26-21(23-3)25-14-18-5-4-8-24-20(18)27-9-11-28-12-10-27;/h4-8,13,16H,9-12,14H2,1-3H3,(H2,23,25,26);1H. The lowest BCUT2D eigenvalue weighted by Gasteiger charge is -2.29. The number of nitrogens with one attached hydrogen (secondary N) is 2. The summed E-state index contributed by atoms with van der Waals surface area (Å²) in [5, 5.41) is 6.66. The van der Waals surface area contributed by atoms with Crippen LogP contribution in [0.4, 0.5) is 10.2 Å². The van der Waals surface area contributed by atoms with E-state index in [9.17, 15) is 4.39 Å². The summed E-state index contributed by atoms with van der Waals surface area (Å²) in [6.07, 6.45) is 1.81. The highest BCUT2D eigenvalue weighted by molar-refractivity contribution is 14.0. The zero-order valence-electron chi connectivity index (χ0n) is 17.1. The molecule has 1 unspecified atom stereocenters. The maximum Gasteiger partial charge on any atom is 0.191 e. The number of halogens is 2. The fourth-order valence-corrected chi connectivity index (χ4v) is 3.17. The van der Waals surface area contributed by atoms with Gasteiger partial charge in [0.15, 0.2) is 5.96 Å². The molecule has 1 aromatic carbocycles. The Balaban J connectivity index is 0.00000300. The van der Waals surface area contributed by atoms with Crippen LogP contribution in [0.5, 0.6) is 0 Å². The third-order valence-electron chi connectivity index (χ3n) is 4.90. The Morgan fingerprint density at radius 3 is 2.76 bits per heavy atom. The molecule has 1 aliphatic rings. The summed E-state index contributed by atoms with van der Waals surface area (Å²) in [5.74, 6) is 1.44. The van der Waals surface area contributed by atoms with Gasteiger partial charge in [-0.1, -0.05) is 18.2 Å². The molecule has 8 heteroatoms. The molecular formula is C21H29FIN5O. The van der Waals surface area contributed by atoms with Crippen LogP contribution in [0.15, 0.2) is 41.5 Å². The number of hydrogen-bond donors (Lipinski definition) is 2. The van der Waals surface area contributed by atoms with E-state index in [0.29, 0.717) is 18.1 Å². The molecule has 3 rings (SSSR count). The van der Waals surface area contributed by atoms with Crippen molar-refractivity contribution in [2.45, 2.75) is 26.4 Å². The van der Waals surface area contributed by atoms with Gasteiger partial charge in [0, 0.05) is 38.4 Å². The van der Waals surface area contributed by atoms with Gasteiger partial charge in [-0.25, -0.2) is 9.37 Å². The van der Waals surface area contributed by atoms with E-state index in [1.165, 1.54) is 0 Å². The van der Waals surface area contributed by atoms with Crippen LogP contribution in [0.3, 0.4) is 0 Å². The summed E-state index contributed by atoms with van der Waals surface area (Å²) >= 11 is 0. The lowest BCUT2D eigenvalue weighted by atomic mass is 10.1. The number of morpholine rings is 1. The first kappa shape index (κ1) is 23.3. The van der Waals surface area contributed by atoms with E-state index in [4.69, 9.17) is 4.74 Å². The predicted octanol–water partition coefficient (Wildman–Crippen LogP) is 3.41. The topological polar surface area (TPSA) is 61.8 Å². The highest BCUT2D eigenvalue weighted by Gasteiger charge is 2.16. The first-order chi connectivity index (χ1) is 13.6. The van der Waals surface area contributed by atoms with E-state index in [1.807, 2.05) is 25.3 Å². The number of pyridine rings is 1. The third-order valence-corrected chi connectivity index (χ3v) is 4.90. The maximum atomic E-state index is 13.9. The Kier molecular flexibility index (Phi) is 9.09. The molecule has 1 atom stereocenters. The summed E-state index contributed by atoms with van der Waals surface area (Å²) < 4.78 is 19.3. The predicted molar refractivity (Wildman–Crippen MR) is 126 cm³/mol. The Labute approximate surface area is 189 Å². The molecule has 0 bridgehead atoms. The molecule has 1 aromatic heterocycles. The molecule has 158 valence electrons. The largest absolute Gasteiger partial charge is 0.378 e. The average molecular weight is 513 g/mol. The smallest absolute Gasteiger partial charge is 0.191 e. The zero-order valence-corrected chi connectivity index (χ0v) is 19.4. The van der Waals surface area contributed by atoms with E-state index in [2.05, 4.69) is 31.6 Å². The number of rotatable bonds is 5. The number of guanidine groups is 1. The van der Waals surface area contributed by atoms with E-state index < -0.39 is 0 Å². The Bertz CT molecular complexity index is 826. The molecule has 0 radical (unpaired) electrons. The van der Waals surface area contributed by atoms with Crippen LogP contribution in [-0.2, 0) is 11.3 Å². The average Bonchev–Trinajstić information content (AvgIpc) is 2.73. The minimum absolute atomic E-state index is 0. The SMILES string of the molecule is CN=C(NCc1cccnc1N1CCOCC1)NC(C)c1ccc(C)c(F)c1.I. The van der Waals surface area contributed by atoms with Crippen LogP contribution < -0.4 is 15.5 Å². The quantitative estimate of drug-likeness (QED) is 0.365. The van der Waals surface area contributed by atoms with Gasteiger partial charge in [-0.05, 0) is 37.1 Å². The highest BCUT2D eigenvalue weighted by Crippen LogP contribution is 2.19. The summed E-state index contributed by atoms with van der Waals surface area (Å²) in [5.41, 5.74) is 2.62. The van der Waals surface area contributed by atoms with Crippen molar-refractivity contribution < 1.29 is 9.13 Å². The van der Waals surface area contributed by atoms with Gasteiger partial charge in [0.1, 0.15) is 11.6 Å². The van der Waals surface area contributed by atoms with E-state index in [0.717, 1.165) is 43.2 Å². The minimum Gasteiger partial charge on any atom is -0.378 e. The molecule has 2 aromatic rings. The minimum atomic E-state index is -0.195. The second kappa shape index (κ2) is 11.3. The number of benzene rings is 1. The van der Waals surface area contributed by atoms with Crippen LogP contribution in [0, 0.1) is 12.7 Å². The second-order valence-electron chi connectivity index (χ2n) is 6.89. The second-order valence-corrected chi connectivity index (χ2v) is 6.89. The number of hydrogen-bond acceptors (Lipinski definition) is 4. The molecule has 1 fully saturated rings. The highest BCUT2D eigenvalue weighted by atomic mass is 127. The summed E-state index contributed by atoms with van der Waals surface area (Å²) in [6, 6.07) is 9.22. The third kappa shape index (κ3) is 6.27. The lowest BCUT2D eigenvalue weighted by molar-refractivity contribution is 0.122. The Morgan fingerprint density at radius 1 is 1.31 bits per heavy atom. The summed E-state index contributed by atoms with van der Waals surface area (Å²) in [6.45, 7) is 7.46. The molecular weight excluding hydrogens is 484 g/mol. The van der Waals surface area contributed by atoms with E-state index >= 15 is 0 Å². The molecule has 1 saturated heterocycles. The van der Waals surface area contributed by atoms with Gasteiger partial charge in [-0.2, -0.15) is 0 Å². The first-order valence-corrected chi connectivity index (χ1v) is 9.58. The van der Waals surface area contributed by atoms with Gasteiger partial charge in [0.25, 0.3) is 0 Å². The number of aromatic nitrogens is 1. The van der Waals surface area contributed by atoms with Crippen molar-refractivity contribution in [2.24, 2.45) is 4.99 Å². The zero-order chi connectivity index (χ0) is 19.9. The summed E-state index contributed by atoms with van der Waals surface area (Å²) in [7, 11) is 1.73. The van der Waals surface area contributed by atoms with Gasteiger partial charge in [-0.15, -0.1) is 24.0 Å². The van der Waals surface area contributed by atoms with Crippen LogP contribution in [-0.4, -0.2) is 44.3 Å². The van der Waals surface area contributed by atoms with Gasteiger partial charge in [0.2, 0.25) is 0 Å². The first-order valence-electron chi connectivity index (χ1n) is 9.58. The van der Waals surface area contributed by atoms with E-state index in [1.54, 1.807) is 26.1 Å². The molecule has 0 saturated carbocycles. The van der Waals surface area contributed by atoms with Gasteiger partial charge < -0.3 is 20.3 Å². The lowest BCUT2D eigenvalue weighted by Crippen LogP contribution is -2.40. The molecule has 29 heavy (non-hydrogen) atoms. The molecule has 0 amide bonds. The number of anilines is 1. The Hall–Kier alpha value is -1.94. The normalized spacial score (nSPS) is 15.4.